The maximum atomic E-state index is 13.7. The largest absolute Gasteiger partial charge is 0.534 e. The van der Waals surface area contributed by atoms with Gasteiger partial charge >= 0.3 is 15.6 Å². The van der Waals surface area contributed by atoms with Gasteiger partial charge in [-0.25, -0.2) is 13.1 Å². The van der Waals surface area contributed by atoms with Crippen LogP contribution in [-0.2, 0) is 26.5 Å². The summed E-state index contributed by atoms with van der Waals surface area (Å²) in [5, 5.41) is 4.07. The van der Waals surface area contributed by atoms with E-state index in [-0.39, 0.29) is 28.3 Å². The number of hydrogen-bond acceptors (Lipinski definition) is 7. The molecule has 0 bridgehead atoms. The number of aryl methyl sites for hydroxylation is 2. The average molecular weight is 551 g/mol. The molecule has 36 heavy (non-hydrogen) atoms. The normalized spacial score (nSPS) is 12.5. The molecule has 0 atom stereocenters. The van der Waals surface area contributed by atoms with Crippen LogP contribution in [-0.4, -0.2) is 44.2 Å². The minimum atomic E-state index is -6.09. The molecule has 0 unspecified atom stereocenters. The van der Waals surface area contributed by atoms with E-state index in [0.29, 0.717) is 24.0 Å². The fourth-order valence-electron chi connectivity index (χ4n) is 3.61. The minimum Gasteiger partial charge on any atom is -0.355 e. The van der Waals surface area contributed by atoms with Gasteiger partial charge in [-0.15, -0.1) is 0 Å². The molecule has 0 saturated heterocycles. The number of carbonyl (C=O) groups is 1. The van der Waals surface area contributed by atoms with Gasteiger partial charge in [0.2, 0.25) is 11.7 Å². The van der Waals surface area contributed by atoms with Crippen LogP contribution in [0.5, 0.6) is 5.88 Å². The third kappa shape index (κ3) is 5.83. The highest BCUT2D eigenvalue weighted by Gasteiger charge is 2.50. The summed E-state index contributed by atoms with van der Waals surface area (Å²) in [7, 11) is -9.79. The Kier molecular flexibility index (Phi) is 8.51. The van der Waals surface area contributed by atoms with Crippen LogP contribution in [0.15, 0.2) is 22.6 Å². The molecular weight excluding hydrogens is 521 g/mol. The lowest BCUT2D eigenvalue weighted by atomic mass is 9.91. The Bertz CT molecular complexity index is 1430. The van der Waals surface area contributed by atoms with Crippen LogP contribution in [0.2, 0.25) is 0 Å². The van der Waals surface area contributed by atoms with Gasteiger partial charge in [-0.1, -0.05) is 18.9 Å². The Morgan fingerprint density at radius 2 is 1.64 bits per heavy atom. The van der Waals surface area contributed by atoms with Gasteiger partial charge in [0.25, 0.3) is 0 Å². The molecule has 0 aliphatic heterocycles. The Labute approximate surface area is 209 Å². The summed E-state index contributed by atoms with van der Waals surface area (Å²) in [4.78, 5) is 13.6. The smallest absolute Gasteiger partial charge is 0.355 e. The second-order valence-electron chi connectivity index (χ2n) is 8.66. The van der Waals surface area contributed by atoms with E-state index in [9.17, 15) is 34.8 Å². The number of allylic oxidation sites excluding steroid dienone is 2. The first-order valence-electron chi connectivity index (χ1n) is 11.0. The zero-order chi connectivity index (χ0) is 27.8. The molecule has 1 aromatic heterocycles. The minimum absolute atomic E-state index is 0.0123. The summed E-state index contributed by atoms with van der Waals surface area (Å²) in [6.45, 7) is 9.94. The summed E-state index contributed by atoms with van der Waals surface area (Å²) >= 11 is 0. The number of aromatic nitrogens is 2. The molecule has 200 valence electrons. The second kappa shape index (κ2) is 10.4. The van der Waals surface area contributed by atoms with E-state index < -0.39 is 42.7 Å². The molecule has 0 radical (unpaired) electrons. The Balaban J connectivity index is 2.86. The number of nitrogens with zero attached hydrogens (tertiary/aromatic N) is 2. The summed E-state index contributed by atoms with van der Waals surface area (Å²) in [6, 6.07) is 2.50. The first-order valence-corrected chi connectivity index (χ1v) is 14.3. The molecule has 13 heteroatoms. The summed E-state index contributed by atoms with van der Waals surface area (Å²) in [5.41, 5.74) is -4.26. The van der Waals surface area contributed by atoms with E-state index in [1.165, 1.54) is 26.0 Å². The van der Waals surface area contributed by atoms with Crippen molar-refractivity contribution in [1.82, 2.24) is 9.78 Å². The Hall–Kier alpha value is -2.67. The number of ketones is 1. The lowest BCUT2D eigenvalue weighted by molar-refractivity contribution is -0.0502. The quantitative estimate of drug-likeness (QED) is 0.246. The van der Waals surface area contributed by atoms with Gasteiger partial charge in [-0.2, -0.15) is 26.7 Å². The van der Waals surface area contributed by atoms with Crippen LogP contribution in [0.25, 0.3) is 5.57 Å². The van der Waals surface area contributed by atoms with Crippen molar-refractivity contribution < 1.29 is 39.0 Å². The molecule has 2 aromatic rings. The molecule has 1 aromatic carbocycles. The molecule has 0 aliphatic carbocycles. The van der Waals surface area contributed by atoms with Crippen molar-refractivity contribution in [2.24, 2.45) is 0 Å². The lowest BCUT2D eigenvalue weighted by Gasteiger charge is -2.17. The van der Waals surface area contributed by atoms with Crippen LogP contribution < -0.4 is 4.18 Å². The van der Waals surface area contributed by atoms with E-state index in [2.05, 4.69) is 9.28 Å². The highest BCUT2D eigenvalue weighted by atomic mass is 32.2. The SMILES string of the molecule is CCCCn1nc(C)c(C(=O)c2ccc(S(C)(=O)=O)c(C(C)=C(C)C)c2C)c1OS(=O)(=O)C(F)(F)F. The van der Waals surface area contributed by atoms with Gasteiger partial charge in [-0.3, -0.25) is 4.79 Å². The number of unbranched alkanes of at least 4 members (excludes halogenated alkanes) is 1. The topological polar surface area (TPSA) is 112 Å². The first kappa shape index (κ1) is 29.6. The molecule has 0 spiro atoms. The van der Waals surface area contributed by atoms with Gasteiger partial charge < -0.3 is 4.18 Å². The first-order chi connectivity index (χ1) is 16.3. The van der Waals surface area contributed by atoms with Gasteiger partial charge in [-0.05, 0) is 69.9 Å². The monoisotopic (exact) mass is 550 g/mol. The number of carbonyl (C=O) groups excluding carboxylic acids is 1. The van der Waals surface area contributed by atoms with Crippen molar-refractivity contribution in [1.29, 1.82) is 0 Å². The van der Waals surface area contributed by atoms with Gasteiger partial charge in [0, 0.05) is 18.4 Å². The highest BCUT2D eigenvalue weighted by Crippen LogP contribution is 2.35. The fraction of sp³-hybridized carbons (Fsp3) is 0.478. The molecular formula is C23H29F3N2O6S2. The van der Waals surface area contributed by atoms with Crippen LogP contribution >= 0.6 is 0 Å². The average Bonchev–Trinajstić information content (AvgIpc) is 3.03. The van der Waals surface area contributed by atoms with E-state index in [1.54, 1.807) is 20.8 Å². The predicted octanol–water partition coefficient (Wildman–Crippen LogP) is 4.98. The van der Waals surface area contributed by atoms with Crippen LogP contribution in [0, 0.1) is 13.8 Å². The van der Waals surface area contributed by atoms with E-state index in [4.69, 9.17) is 0 Å². The third-order valence-corrected chi connectivity index (χ3v) is 7.78. The molecule has 8 nitrogen and oxygen atoms in total. The third-order valence-electron chi connectivity index (χ3n) is 5.70. The van der Waals surface area contributed by atoms with Gasteiger partial charge in [0.15, 0.2) is 9.84 Å². The summed E-state index contributed by atoms with van der Waals surface area (Å²) < 4.78 is 93.3. The van der Waals surface area contributed by atoms with E-state index in [0.717, 1.165) is 16.5 Å². The number of benzene rings is 1. The number of halogens is 3. The van der Waals surface area contributed by atoms with Crippen LogP contribution in [0.4, 0.5) is 13.2 Å². The maximum Gasteiger partial charge on any atom is 0.534 e. The number of rotatable bonds is 9. The fourth-order valence-corrected chi connectivity index (χ4v) is 5.07. The van der Waals surface area contributed by atoms with Crippen molar-refractivity contribution in [3.63, 3.8) is 0 Å². The molecule has 0 N–H and O–H groups in total. The zero-order valence-electron chi connectivity index (χ0n) is 21.1. The molecule has 0 aliphatic rings. The van der Waals surface area contributed by atoms with Crippen molar-refractivity contribution in [2.75, 3.05) is 6.26 Å². The van der Waals surface area contributed by atoms with Crippen molar-refractivity contribution in [3.8, 4) is 5.88 Å². The molecule has 1 heterocycles. The van der Waals surface area contributed by atoms with Gasteiger partial charge in [0.1, 0.15) is 5.56 Å². The van der Waals surface area contributed by atoms with Crippen molar-refractivity contribution in [2.45, 2.75) is 71.3 Å². The molecule has 0 amide bonds. The summed E-state index contributed by atoms with van der Waals surface area (Å²) in [6.07, 6.45) is 2.08. The second-order valence-corrected chi connectivity index (χ2v) is 12.2. The van der Waals surface area contributed by atoms with Crippen molar-refractivity contribution >= 4 is 31.3 Å². The predicted molar refractivity (Wildman–Crippen MR) is 129 cm³/mol. The molecule has 0 saturated carbocycles. The standard InChI is InChI=1S/C23H29F3N2O6S2/c1-8-9-12-28-22(34-36(32,33)23(24,25)26)20(16(6)27-28)21(29)17-10-11-18(35(7,30)31)19(15(17)5)14(4)13(2)3/h10-11H,8-9,12H2,1-7H3. The number of sulfone groups is 1. The van der Waals surface area contributed by atoms with Crippen LogP contribution in [0.3, 0.4) is 0 Å². The lowest BCUT2D eigenvalue weighted by Crippen LogP contribution is -2.29. The Morgan fingerprint density at radius 3 is 2.11 bits per heavy atom. The van der Waals surface area contributed by atoms with Crippen molar-refractivity contribution in [3.05, 3.63) is 45.7 Å². The maximum absolute atomic E-state index is 13.7. The van der Waals surface area contributed by atoms with Gasteiger partial charge in [0.05, 0.1) is 10.6 Å². The highest BCUT2D eigenvalue weighted by molar-refractivity contribution is 7.90. The van der Waals surface area contributed by atoms with E-state index >= 15 is 0 Å². The molecule has 2 rings (SSSR count). The Morgan fingerprint density at radius 1 is 1.06 bits per heavy atom. The van der Waals surface area contributed by atoms with E-state index in [1.807, 2.05) is 6.92 Å². The molecule has 0 fully saturated rings. The van der Waals surface area contributed by atoms with Crippen LogP contribution in [0.1, 0.15) is 73.3 Å². The number of alkyl halides is 3. The summed E-state index contributed by atoms with van der Waals surface area (Å²) in [5.74, 6) is -1.68. The number of hydrogen-bond donors (Lipinski definition) is 0. The zero-order valence-corrected chi connectivity index (χ0v) is 22.7.